The number of likely N-dealkylation sites (tertiary alicyclic amines) is 1. The summed E-state index contributed by atoms with van der Waals surface area (Å²) in [7, 11) is -3.34. The zero-order valence-corrected chi connectivity index (χ0v) is 18.5. The van der Waals surface area contributed by atoms with Gasteiger partial charge in [-0.1, -0.05) is 18.2 Å². The molecule has 0 unspecified atom stereocenters. The summed E-state index contributed by atoms with van der Waals surface area (Å²) in [6.45, 7) is 2.96. The van der Waals surface area contributed by atoms with Gasteiger partial charge in [-0.15, -0.1) is 0 Å². The van der Waals surface area contributed by atoms with Crippen LogP contribution < -0.4 is 9.62 Å². The van der Waals surface area contributed by atoms with E-state index in [9.17, 15) is 13.2 Å². The third-order valence-corrected chi connectivity index (χ3v) is 7.15. The van der Waals surface area contributed by atoms with Crippen LogP contribution in [0.15, 0.2) is 30.3 Å². The van der Waals surface area contributed by atoms with Crippen LogP contribution in [-0.2, 0) is 19.6 Å². The van der Waals surface area contributed by atoms with Crippen LogP contribution in [0.3, 0.4) is 0 Å². The van der Waals surface area contributed by atoms with E-state index in [-0.39, 0.29) is 30.0 Å². The van der Waals surface area contributed by atoms with Crippen molar-refractivity contribution in [2.75, 3.05) is 37.4 Å². The van der Waals surface area contributed by atoms with Crippen molar-refractivity contribution in [3.63, 3.8) is 0 Å². The average Bonchev–Trinajstić information content (AvgIpc) is 3.57. The molecule has 1 saturated carbocycles. The number of hydrogen-bond donors (Lipinski definition) is 1. The van der Waals surface area contributed by atoms with Gasteiger partial charge in [0.1, 0.15) is 0 Å². The normalized spacial score (nSPS) is 26.0. The molecule has 8 heteroatoms. The van der Waals surface area contributed by atoms with E-state index in [4.69, 9.17) is 4.74 Å². The van der Waals surface area contributed by atoms with Crippen LogP contribution in [0, 0.1) is 5.92 Å². The second-order valence-corrected chi connectivity index (χ2v) is 10.6. The maximum atomic E-state index is 12.8. The Morgan fingerprint density at radius 1 is 1.07 bits per heavy atom. The minimum Gasteiger partial charge on any atom is -0.376 e. The molecule has 0 spiro atoms. The van der Waals surface area contributed by atoms with E-state index in [1.807, 2.05) is 11.0 Å². The molecule has 4 rings (SSSR count). The highest BCUT2D eigenvalue weighted by Crippen LogP contribution is 2.34. The molecule has 2 saturated heterocycles. The molecule has 2 heterocycles. The van der Waals surface area contributed by atoms with Gasteiger partial charge in [-0.3, -0.25) is 4.79 Å². The lowest BCUT2D eigenvalue weighted by atomic mass is 9.96. The number of nitrogens with zero attached hydrogens (tertiary/aromatic N) is 2. The lowest BCUT2D eigenvalue weighted by Gasteiger charge is -2.42. The molecule has 30 heavy (non-hydrogen) atoms. The Hall–Kier alpha value is -1.64. The number of ether oxygens (including phenoxy) is 1. The van der Waals surface area contributed by atoms with Crippen LogP contribution in [-0.4, -0.2) is 69.9 Å². The first-order valence-electron chi connectivity index (χ1n) is 11.1. The highest BCUT2D eigenvalue weighted by Gasteiger charge is 2.41. The Bertz CT molecular complexity index is 820. The smallest absolute Gasteiger partial charge is 0.226 e. The molecule has 1 N–H and O–H groups in total. The number of benzene rings is 1. The molecule has 3 aliphatic rings. The van der Waals surface area contributed by atoms with Crippen molar-refractivity contribution >= 4 is 21.6 Å². The fraction of sp³-hybridized carbons (Fsp3) is 0.682. The van der Waals surface area contributed by atoms with Crippen LogP contribution in [0.1, 0.15) is 38.5 Å². The van der Waals surface area contributed by atoms with Crippen LogP contribution in [0.5, 0.6) is 0 Å². The summed E-state index contributed by atoms with van der Waals surface area (Å²) in [5.74, 6) is 0.293. The number of amides is 1. The van der Waals surface area contributed by atoms with Crippen molar-refractivity contribution in [3.05, 3.63) is 30.3 Å². The number of carbonyl (C=O) groups excluding carboxylic acids is 1. The summed E-state index contributed by atoms with van der Waals surface area (Å²) in [5, 5.41) is 0. The topological polar surface area (TPSA) is 79.0 Å². The summed E-state index contributed by atoms with van der Waals surface area (Å²) in [6.07, 6.45) is 6.65. The lowest BCUT2D eigenvalue weighted by Crippen LogP contribution is -2.59. The highest BCUT2D eigenvalue weighted by molar-refractivity contribution is 7.88. The van der Waals surface area contributed by atoms with Gasteiger partial charge in [0.05, 0.1) is 25.0 Å². The predicted octanol–water partition coefficient (Wildman–Crippen LogP) is 1.99. The van der Waals surface area contributed by atoms with Gasteiger partial charge in [-0.2, -0.15) is 0 Å². The van der Waals surface area contributed by atoms with E-state index < -0.39 is 10.0 Å². The molecule has 0 aromatic heterocycles. The summed E-state index contributed by atoms with van der Waals surface area (Å²) in [6, 6.07) is 9.90. The Morgan fingerprint density at radius 3 is 2.40 bits per heavy atom. The predicted molar refractivity (Wildman–Crippen MR) is 117 cm³/mol. The van der Waals surface area contributed by atoms with E-state index in [1.54, 1.807) is 0 Å². The highest BCUT2D eigenvalue weighted by atomic mass is 32.2. The SMILES string of the molecule is CS(=O)(=O)N[C@H]1CCCN(C(=O)C2CC2)[C@H]1COC1CCN(c2ccccc2)CC1. The molecule has 1 aliphatic carbocycles. The van der Waals surface area contributed by atoms with Crippen molar-refractivity contribution in [2.45, 2.75) is 56.7 Å². The van der Waals surface area contributed by atoms with Crippen LogP contribution in [0.4, 0.5) is 5.69 Å². The second kappa shape index (κ2) is 9.24. The number of sulfonamides is 1. The van der Waals surface area contributed by atoms with Gasteiger partial charge in [0.2, 0.25) is 15.9 Å². The molecule has 2 atom stereocenters. The van der Waals surface area contributed by atoms with Gasteiger partial charge in [-0.25, -0.2) is 13.1 Å². The zero-order valence-electron chi connectivity index (χ0n) is 17.7. The zero-order chi connectivity index (χ0) is 21.1. The van der Waals surface area contributed by atoms with E-state index in [2.05, 4.69) is 33.9 Å². The number of anilines is 1. The molecule has 3 fully saturated rings. The number of hydrogen-bond acceptors (Lipinski definition) is 5. The number of para-hydroxylation sites is 1. The summed E-state index contributed by atoms with van der Waals surface area (Å²) < 4.78 is 32.8. The number of rotatable bonds is 7. The third-order valence-electron chi connectivity index (χ3n) is 6.42. The first-order chi connectivity index (χ1) is 14.4. The molecule has 1 aromatic rings. The Labute approximate surface area is 179 Å². The Balaban J connectivity index is 1.36. The fourth-order valence-corrected chi connectivity index (χ4v) is 5.49. The Morgan fingerprint density at radius 2 is 1.77 bits per heavy atom. The van der Waals surface area contributed by atoms with Crippen molar-refractivity contribution in [3.8, 4) is 0 Å². The summed E-state index contributed by atoms with van der Waals surface area (Å²) in [5.41, 5.74) is 1.24. The van der Waals surface area contributed by atoms with Gasteiger partial charge in [0, 0.05) is 37.3 Å². The van der Waals surface area contributed by atoms with Gasteiger partial charge < -0.3 is 14.5 Å². The number of piperidine rings is 2. The molecular weight excluding hydrogens is 402 g/mol. The molecule has 0 radical (unpaired) electrons. The molecule has 1 aromatic carbocycles. The van der Waals surface area contributed by atoms with Crippen LogP contribution in [0.25, 0.3) is 0 Å². The van der Waals surface area contributed by atoms with E-state index in [1.165, 1.54) is 11.9 Å². The maximum absolute atomic E-state index is 12.8. The molecular formula is C22H33N3O4S. The van der Waals surface area contributed by atoms with Crippen molar-refractivity contribution in [1.29, 1.82) is 0 Å². The number of carbonyl (C=O) groups is 1. The largest absolute Gasteiger partial charge is 0.376 e. The first kappa shape index (κ1) is 21.6. The van der Waals surface area contributed by atoms with E-state index >= 15 is 0 Å². The van der Waals surface area contributed by atoms with Crippen LogP contribution in [0.2, 0.25) is 0 Å². The maximum Gasteiger partial charge on any atom is 0.226 e. The average molecular weight is 436 g/mol. The minimum absolute atomic E-state index is 0.124. The summed E-state index contributed by atoms with van der Waals surface area (Å²) >= 11 is 0. The molecule has 0 bridgehead atoms. The summed E-state index contributed by atoms with van der Waals surface area (Å²) in [4.78, 5) is 17.1. The number of nitrogens with one attached hydrogen (secondary N) is 1. The van der Waals surface area contributed by atoms with Gasteiger partial charge in [-0.05, 0) is 50.7 Å². The first-order valence-corrected chi connectivity index (χ1v) is 13.0. The van der Waals surface area contributed by atoms with Gasteiger partial charge >= 0.3 is 0 Å². The van der Waals surface area contributed by atoms with Gasteiger partial charge in [0.15, 0.2) is 0 Å². The van der Waals surface area contributed by atoms with Crippen molar-refractivity contribution in [1.82, 2.24) is 9.62 Å². The fourth-order valence-electron chi connectivity index (χ4n) is 4.67. The van der Waals surface area contributed by atoms with E-state index in [0.29, 0.717) is 13.2 Å². The minimum atomic E-state index is -3.34. The molecule has 1 amide bonds. The third kappa shape index (κ3) is 5.53. The van der Waals surface area contributed by atoms with Gasteiger partial charge in [0.25, 0.3) is 0 Å². The van der Waals surface area contributed by atoms with Crippen molar-refractivity contribution < 1.29 is 17.9 Å². The molecule has 166 valence electrons. The second-order valence-electron chi connectivity index (χ2n) is 8.87. The standard InChI is InChI=1S/C22H33N3O4S/c1-30(27,28)23-20-8-5-13-25(22(26)17-9-10-17)21(20)16-29-19-11-14-24(15-12-19)18-6-3-2-4-7-18/h2-4,6-7,17,19-21,23H,5,8-16H2,1H3/t20-,21-/m0/s1. The Kier molecular flexibility index (Phi) is 6.65. The van der Waals surface area contributed by atoms with Crippen molar-refractivity contribution in [2.24, 2.45) is 5.92 Å². The molecule has 2 aliphatic heterocycles. The molecule has 7 nitrogen and oxygen atoms in total. The van der Waals surface area contributed by atoms with E-state index in [0.717, 1.165) is 51.6 Å². The monoisotopic (exact) mass is 435 g/mol. The lowest BCUT2D eigenvalue weighted by molar-refractivity contribution is -0.139. The quantitative estimate of drug-likeness (QED) is 0.709. The van der Waals surface area contributed by atoms with Crippen LogP contribution >= 0.6 is 0 Å².